The summed E-state index contributed by atoms with van der Waals surface area (Å²) in [5, 5.41) is 0. The van der Waals surface area contributed by atoms with Gasteiger partial charge in [0.05, 0.1) is 6.04 Å². The van der Waals surface area contributed by atoms with E-state index in [4.69, 9.17) is 0 Å². The molecule has 0 fully saturated rings. The smallest absolute Gasteiger partial charge is 0.211 e. The highest BCUT2D eigenvalue weighted by atomic mass is 16.1. The van der Waals surface area contributed by atoms with Gasteiger partial charge in [-0.2, -0.15) is 0 Å². The number of isocyanates is 1. The van der Waals surface area contributed by atoms with Crippen LogP contribution in [0.25, 0.3) is 0 Å². The molecule has 2 nitrogen and oxygen atoms in total. The number of hydrogen-bond acceptors (Lipinski definition) is 2. The van der Waals surface area contributed by atoms with Crippen molar-refractivity contribution in [3.05, 3.63) is 0 Å². The minimum atomic E-state index is 0.242. The fourth-order valence-corrected chi connectivity index (χ4v) is 1.96. The summed E-state index contributed by atoms with van der Waals surface area (Å²) in [6, 6.07) is 0.242. The lowest BCUT2D eigenvalue weighted by Crippen LogP contribution is -2.04. The molecule has 0 rings (SSSR count). The van der Waals surface area contributed by atoms with Gasteiger partial charge in [-0.05, 0) is 12.8 Å². The minimum absolute atomic E-state index is 0.242. The maximum absolute atomic E-state index is 10.3. The number of hydrogen-bond donors (Lipinski definition) is 0. The first-order valence-corrected chi connectivity index (χ1v) is 6.92. The van der Waals surface area contributed by atoms with Crippen LogP contribution in [0, 0.1) is 0 Å². The maximum Gasteiger partial charge on any atom is 0.235 e. The van der Waals surface area contributed by atoms with Crippen molar-refractivity contribution in [3.63, 3.8) is 0 Å². The summed E-state index contributed by atoms with van der Waals surface area (Å²) < 4.78 is 0. The zero-order valence-corrected chi connectivity index (χ0v) is 11.0. The molecule has 94 valence electrons. The van der Waals surface area contributed by atoms with E-state index in [2.05, 4.69) is 18.8 Å². The number of carbonyl (C=O) groups excluding carboxylic acids is 1. The summed E-state index contributed by atoms with van der Waals surface area (Å²) in [5.74, 6) is 0. The third-order valence-electron chi connectivity index (χ3n) is 3.02. The van der Waals surface area contributed by atoms with E-state index in [0.29, 0.717) is 0 Å². The average Bonchev–Trinajstić information content (AvgIpc) is 2.30. The lowest BCUT2D eigenvalue weighted by atomic mass is 10.0. The second-order valence-electron chi connectivity index (χ2n) is 4.57. The molecule has 0 bridgehead atoms. The molecule has 0 atom stereocenters. The number of unbranched alkanes of at least 4 members (excludes halogenated alkanes) is 6. The molecule has 0 saturated heterocycles. The van der Waals surface area contributed by atoms with Gasteiger partial charge in [-0.15, -0.1) is 0 Å². The summed E-state index contributed by atoms with van der Waals surface area (Å²) in [6.07, 6.45) is 13.9. The van der Waals surface area contributed by atoms with Gasteiger partial charge in [-0.25, -0.2) is 9.79 Å². The Morgan fingerprint density at radius 2 is 1.38 bits per heavy atom. The monoisotopic (exact) mass is 225 g/mol. The van der Waals surface area contributed by atoms with E-state index in [0.717, 1.165) is 12.8 Å². The summed E-state index contributed by atoms with van der Waals surface area (Å²) in [5.41, 5.74) is 0. The van der Waals surface area contributed by atoms with Crippen LogP contribution in [-0.2, 0) is 4.79 Å². The van der Waals surface area contributed by atoms with E-state index in [-0.39, 0.29) is 6.04 Å². The van der Waals surface area contributed by atoms with Crippen LogP contribution in [0.15, 0.2) is 4.99 Å². The van der Waals surface area contributed by atoms with Crippen LogP contribution in [0.3, 0.4) is 0 Å². The Balaban J connectivity index is 3.58. The predicted octanol–water partition coefficient (Wildman–Crippen LogP) is 4.63. The SMILES string of the molecule is CCCCCCC(CCCCCC)N=C=O. The van der Waals surface area contributed by atoms with Crippen LogP contribution < -0.4 is 0 Å². The van der Waals surface area contributed by atoms with E-state index < -0.39 is 0 Å². The normalized spacial score (nSPS) is 10.4. The summed E-state index contributed by atoms with van der Waals surface area (Å²) in [7, 11) is 0. The van der Waals surface area contributed by atoms with Crippen molar-refractivity contribution in [3.8, 4) is 0 Å². The molecule has 16 heavy (non-hydrogen) atoms. The van der Waals surface area contributed by atoms with Crippen LogP contribution in [-0.4, -0.2) is 12.1 Å². The summed E-state index contributed by atoms with van der Waals surface area (Å²) in [4.78, 5) is 14.2. The predicted molar refractivity (Wildman–Crippen MR) is 69.4 cm³/mol. The number of rotatable bonds is 11. The van der Waals surface area contributed by atoms with Crippen LogP contribution in [0.4, 0.5) is 0 Å². The van der Waals surface area contributed by atoms with Gasteiger partial charge in [0.1, 0.15) is 0 Å². The third-order valence-corrected chi connectivity index (χ3v) is 3.02. The minimum Gasteiger partial charge on any atom is -0.211 e. The molecule has 0 spiro atoms. The molecule has 2 heteroatoms. The molecule has 0 heterocycles. The molecule has 0 aliphatic heterocycles. The van der Waals surface area contributed by atoms with Crippen molar-refractivity contribution in [1.82, 2.24) is 0 Å². The van der Waals surface area contributed by atoms with E-state index in [1.165, 1.54) is 51.4 Å². The van der Waals surface area contributed by atoms with E-state index in [9.17, 15) is 4.79 Å². The van der Waals surface area contributed by atoms with Crippen LogP contribution >= 0.6 is 0 Å². The molecular formula is C14H27NO. The molecule has 0 aliphatic carbocycles. The van der Waals surface area contributed by atoms with Crippen molar-refractivity contribution in [2.75, 3.05) is 0 Å². The second-order valence-corrected chi connectivity index (χ2v) is 4.57. The highest BCUT2D eigenvalue weighted by Gasteiger charge is 2.06. The van der Waals surface area contributed by atoms with Gasteiger partial charge in [0.2, 0.25) is 6.08 Å². The second kappa shape index (κ2) is 12.4. The zero-order chi connectivity index (χ0) is 12.1. The molecule has 0 unspecified atom stereocenters. The summed E-state index contributed by atoms with van der Waals surface area (Å²) in [6.45, 7) is 4.43. The Morgan fingerprint density at radius 3 is 1.75 bits per heavy atom. The van der Waals surface area contributed by atoms with Crippen LogP contribution in [0.2, 0.25) is 0 Å². The lowest BCUT2D eigenvalue weighted by molar-refractivity contribution is 0.487. The average molecular weight is 225 g/mol. The molecule has 0 aromatic rings. The Kier molecular flexibility index (Phi) is 12.0. The first-order valence-electron chi connectivity index (χ1n) is 6.92. The van der Waals surface area contributed by atoms with Gasteiger partial charge in [0, 0.05) is 0 Å². The number of nitrogens with zero attached hydrogens (tertiary/aromatic N) is 1. The Hall–Kier alpha value is -0.620. The van der Waals surface area contributed by atoms with Gasteiger partial charge in [0.25, 0.3) is 0 Å². The molecule has 0 amide bonds. The maximum atomic E-state index is 10.3. The van der Waals surface area contributed by atoms with Gasteiger partial charge in [0.15, 0.2) is 0 Å². The third kappa shape index (κ3) is 9.92. The van der Waals surface area contributed by atoms with E-state index in [1.54, 1.807) is 6.08 Å². The molecule has 0 aromatic heterocycles. The van der Waals surface area contributed by atoms with E-state index >= 15 is 0 Å². The highest BCUT2D eigenvalue weighted by Crippen LogP contribution is 2.14. The molecule has 0 saturated carbocycles. The Morgan fingerprint density at radius 1 is 0.875 bits per heavy atom. The zero-order valence-electron chi connectivity index (χ0n) is 11.0. The topological polar surface area (TPSA) is 29.4 Å². The molecule has 0 aliphatic rings. The van der Waals surface area contributed by atoms with Crippen molar-refractivity contribution < 1.29 is 4.79 Å². The summed E-state index contributed by atoms with van der Waals surface area (Å²) >= 11 is 0. The standard InChI is InChI=1S/C14H27NO/c1-3-5-7-9-11-14(15-13-16)12-10-8-6-4-2/h14H,3-12H2,1-2H3. The Bertz CT molecular complexity index is 173. The van der Waals surface area contributed by atoms with Crippen LogP contribution in [0.1, 0.15) is 78.1 Å². The molecule has 0 radical (unpaired) electrons. The lowest BCUT2D eigenvalue weighted by Gasteiger charge is -2.09. The van der Waals surface area contributed by atoms with Crippen molar-refractivity contribution in [2.45, 2.75) is 84.1 Å². The first kappa shape index (κ1) is 15.4. The Labute approximate surface area is 101 Å². The fraction of sp³-hybridized carbons (Fsp3) is 0.929. The first-order chi connectivity index (χ1) is 7.85. The van der Waals surface area contributed by atoms with E-state index in [1.807, 2.05) is 0 Å². The molecule has 0 aromatic carbocycles. The van der Waals surface area contributed by atoms with Gasteiger partial charge < -0.3 is 0 Å². The quantitative estimate of drug-likeness (QED) is 0.286. The van der Waals surface area contributed by atoms with Crippen LogP contribution in [0.5, 0.6) is 0 Å². The van der Waals surface area contributed by atoms with Gasteiger partial charge in [-0.3, -0.25) is 0 Å². The van der Waals surface area contributed by atoms with Crippen molar-refractivity contribution in [1.29, 1.82) is 0 Å². The van der Waals surface area contributed by atoms with Gasteiger partial charge in [-0.1, -0.05) is 65.2 Å². The number of aliphatic imine (C=N–C) groups is 1. The molecular weight excluding hydrogens is 198 g/mol. The molecule has 0 N–H and O–H groups in total. The van der Waals surface area contributed by atoms with Gasteiger partial charge >= 0.3 is 0 Å². The van der Waals surface area contributed by atoms with Crippen molar-refractivity contribution >= 4 is 6.08 Å². The largest absolute Gasteiger partial charge is 0.235 e. The fourth-order valence-electron chi connectivity index (χ4n) is 1.96. The van der Waals surface area contributed by atoms with Crippen molar-refractivity contribution in [2.24, 2.45) is 4.99 Å². The highest BCUT2D eigenvalue weighted by molar-refractivity contribution is 5.33.